The van der Waals surface area contributed by atoms with Crippen LogP contribution in [-0.2, 0) is 9.59 Å². The predicted octanol–water partition coefficient (Wildman–Crippen LogP) is 4.11. The van der Waals surface area contributed by atoms with Crippen molar-refractivity contribution in [2.24, 2.45) is 5.41 Å². The Morgan fingerprint density at radius 2 is 1.57 bits per heavy atom. The number of halogens is 1. The molecule has 1 aliphatic carbocycles. The summed E-state index contributed by atoms with van der Waals surface area (Å²) in [6.45, 7) is 1.98. The van der Waals surface area contributed by atoms with Gasteiger partial charge in [-0.1, -0.05) is 40.2 Å². The molecule has 5 heteroatoms. The lowest BCUT2D eigenvalue weighted by atomic mass is 10.0. The molecule has 0 atom stereocenters. The van der Waals surface area contributed by atoms with Crippen LogP contribution in [0.3, 0.4) is 0 Å². The Labute approximate surface area is 143 Å². The lowest BCUT2D eigenvalue weighted by molar-refractivity contribution is -0.131. The van der Waals surface area contributed by atoms with Crippen molar-refractivity contribution >= 4 is 39.1 Å². The van der Waals surface area contributed by atoms with Crippen molar-refractivity contribution in [2.45, 2.75) is 19.8 Å². The van der Waals surface area contributed by atoms with E-state index in [-0.39, 0.29) is 11.8 Å². The van der Waals surface area contributed by atoms with Gasteiger partial charge in [-0.2, -0.15) is 0 Å². The van der Waals surface area contributed by atoms with Crippen LogP contribution in [0.2, 0.25) is 0 Å². The van der Waals surface area contributed by atoms with E-state index in [1.807, 2.05) is 55.5 Å². The summed E-state index contributed by atoms with van der Waals surface area (Å²) in [6, 6.07) is 14.8. The van der Waals surface area contributed by atoms with Crippen LogP contribution < -0.4 is 10.6 Å². The number of amides is 2. The monoisotopic (exact) mass is 372 g/mol. The summed E-state index contributed by atoms with van der Waals surface area (Å²) in [7, 11) is 0. The van der Waals surface area contributed by atoms with Gasteiger partial charge in [-0.25, -0.2) is 0 Å². The van der Waals surface area contributed by atoms with Gasteiger partial charge in [0.2, 0.25) is 11.8 Å². The molecule has 4 nitrogen and oxygen atoms in total. The summed E-state index contributed by atoms with van der Waals surface area (Å²) in [5.41, 5.74) is 1.53. The standard InChI is InChI=1S/C18H17BrN2O2/c1-12-7-8-14(11-15(12)19)21-17(23)18(9-10-18)16(22)20-13-5-3-2-4-6-13/h2-8,11H,9-10H2,1H3,(H,20,22)(H,21,23). The molecule has 0 aliphatic heterocycles. The highest BCUT2D eigenvalue weighted by atomic mass is 79.9. The van der Waals surface area contributed by atoms with E-state index >= 15 is 0 Å². The van der Waals surface area contributed by atoms with Crippen LogP contribution in [0.15, 0.2) is 53.0 Å². The molecule has 0 heterocycles. The fraction of sp³-hybridized carbons (Fsp3) is 0.222. The Kier molecular flexibility index (Phi) is 4.22. The van der Waals surface area contributed by atoms with Gasteiger partial charge in [0.15, 0.2) is 0 Å². The molecule has 1 aliphatic rings. The molecule has 2 N–H and O–H groups in total. The van der Waals surface area contributed by atoms with Crippen LogP contribution in [0.5, 0.6) is 0 Å². The molecule has 2 aromatic carbocycles. The van der Waals surface area contributed by atoms with Gasteiger partial charge in [-0.05, 0) is 49.6 Å². The number of hydrogen-bond acceptors (Lipinski definition) is 2. The highest BCUT2D eigenvalue weighted by molar-refractivity contribution is 9.10. The molecule has 0 saturated heterocycles. The van der Waals surface area contributed by atoms with Crippen LogP contribution in [0.4, 0.5) is 11.4 Å². The maximum Gasteiger partial charge on any atom is 0.240 e. The SMILES string of the molecule is Cc1ccc(NC(=O)C2(C(=O)Nc3ccccc3)CC2)cc1Br. The number of aryl methyl sites for hydroxylation is 1. The molecular formula is C18H17BrN2O2. The lowest BCUT2D eigenvalue weighted by Gasteiger charge is -2.16. The first-order chi connectivity index (χ1) is 11.0. The first-order valence-electron chi connectivity index (χ1n) is 7.45. The number of para-hydroxylation sites is 1. The quantitative estimate of drug-likeness (QED) is 0.793. The second-order valence-electron chi connectivity index (χ2n) is 5.82. The number of anilines is 2. The van der Waals surface area contributed by atoms with Crippen molar-refractivity contribution in [2.75, 3.05) is 10.6 Å². The van der Waals surface area contributed by atoms with Gasteiger partial charge in [-0.3, -0.25) is 9.59 Å². The minimum absolute atomic E-state index is 0.243. The average molecular weight is 373 g/mol. The van der Waals surface area contributed by atoms with E-state index < -0.39 is 5.41 Å². The van der Waals surface area contributed by atoms with E-state index in [1.54, 1.807) is 0 Å². The highest BCUT2D eigenvalue weighted by Gasteiger charge is 2.56. The minimum atomic E-state index is -0.951. The van der Waals surface area contributed by atoms with E-state index in [9.17, 15) is 9.59 Å². The Bertz CT molecular complexity index is 755. The second-order valence-corrected chi connectivity index (χ2v) is 6.67. The fourth-order valence-electron chi connectivity index (χ4n) is 2.38. The molecule has 0 bridgehead atoms. The second kappa shape index (κ2) is 6.16. The van der Waals surface area contributed by atoms with Gasteiger partial charge >= 0.3 is 0 Å². The van der Waals surface area contributed by atoms with Gasteiger partial charge in [0, 0.05) is 15.8 Å². The third-order valence-corrected chi connectivity index (χ3v) is 4.93. The zero-order valence-electron chi connectivity index (χ0n) is 12.7. The van der Waals surface area contributed by atoms with E-state index in [4.69, 9.17) is 0 Å². The van der Waals surface area contributed by atoms with E-state index in [0.717, 1.165) is 10.0 Å². The highest BCUT2D eigenvalue weighted by Crippen LogP contribution is 2.47. The molecule has 1 fully saturated rings. The van der Waals surface area contributed by atoms with Crippen LogP contribution >= 0.6 is 15.9 Å². The average Bonchev–Trinajstić information content (AvgIpc) is 3.34. The van der Waals surface area contributed by atoms with Crippen LogP contribution in [0, 0.1) is 12.3 Å². The van der Waals surface area contributed by atoms with E-state index in [1.165, 1.54) is 0 Å². The third kappa shape index (κ3) is 3.29. The van der Waals surface area contributed by atoms with Crippen LogP contribution in [0.25, 0.3) is 0 Å². The lowest BCUT2D eigenvalue weighted by Crippen LogP contribution is -2.35. The normalized spacial score (nSPS) is 14.9. The number of nitrogens with one attached hydrogen (secondary N) is 2. The van der Waals surface area contributed by atoms with Gasteiger partial charge in [0.1, 0.15) is 5.41 Å². The molecule has 23 heavy (non-hydrogen) atoms. The number of hydrogen-bond donors (Lipinski definition) is 2. The molecule has 1 saturated carbocycles. The van der Waals surface area contributed by atoms with E-state index in [0.29, 0.717) is 24.2 Å². The van der Waals surface area contributed by atoms with Gasteiger partial charge in [0.25, 0.3) is 0 Å². The van der Waals surface area contributed by atoms with Crippen molar-refractivity contribution in [3.05, 3.63) is 58.6 Å². The predicted molar refractivity (Wildman–Crippen MR) is 94.2 cm³/mol. The molecule has 2 aromatic rings. The molecule has 0 aromatic heterocycles. The zero-order chi connectivity index (χ0) is 16.4. The summed E-state index contributed by atoms with van der Waals surface area (Å²) < 4.78 is 0.925. The number of rotatable bonds is 4. The Morgan fingerprint density at radius 3 is 2.13 bits per heavy atom. The molecule has 2 amide bonds. The summed E-state index contributed by atoms with van der Waals surface area (Å²) in [6.07, 6.45) is 1.15. The minimum Gasteiger partial charge on any atom is -0.325 e. The number of carbonyl (C=O) groups is 2. The Morgan fingerprint density at radius 1 is 0.957 bits per heavy atom. The van der Waals surface area contributed by atoms with Crippen molar-refractivity contribution in [3.8, 4) is 0 Å². The number of carbonyl (C=O) groups excluding carboxylic acids is 2. The zero-order valence-corrected chi connectivity index (χ0v) is 14.3. The number of benzene rings is 2. The maximum atomic E-state index is 12.5. The van der Waals surface area contributed by atoms with Crippen LogP contribution in [-0.4, -0.2) is 11.8 Å². The van der Waals surface area contributed by atoms with Gasteiger partial charge in [-0.15, -0.1) is 0 Å². The molecular weight excluding hydrogens is 356 g/mol. The smallest absolute Gasteiger partial charge is 0.240 e. The van der Waals surface area contributed by atoms with Crippen LogP contribution in [0.1, 0.15) is 18.4 Å². The third-order valence-electron chi connectivity index (χ3n) is 4.08. The van der Waals surface area contributed by atoms with Crippen molar-refractivity contribution < 1.29 is 9.59 Å². The molecule has 118 valence electrons. The summed E-state index contributed by atoms with van der Waals surface area (Å²) in [5, 5.41) is 5.67. The Hall–Kier alpha value is -2.14. The van der Waals surface area contributed by atoms with Crippen molar-refractivity contribution in [1.29, 1.82) is 0 Å². The summed E-state index contributed by atoms with van der Waals surface area (Å²) >= 11 is 3.44. The van der Waals surface area contributed by atoms with Gasteiger partial charge in [0.05, 0.1) is 0 Å². The Balaban J connectivity index is 1.70. The molecule has 0 unspecified atom stereocenters. The molecule has 3 rings (SSSR count). The molecule has 0 radical (unpaired) electrons. The topological polar surface area (TPSA) is 58.2 Å². The largest absolute Gasteiger partial charge is 0.325 e. The van der Waals surface area contributed by atoms with E-state index in [2.05, 4.69) is 26.6 Å². The van der Waals surface area contributed by atoms with Crippen molar-refractivity contribution in [3.63, 3.8) is 0 Å². The molecule has 0 spiro atoms. The fourth-order valence-corrected chi connectivity index (χ4v) is 2.75. The first-order valence-corrected chi connectivity index (χ1v) is 8.25. The summed E-state index contributed by atoms with van der Waals surface area (Å²) in [5.74, 6) is -0.492. The van der Waals surface area contributed by atoms with Crippen molar-refractivity contribution in [1.82, 2.24) is 0 Å². The maximum absolute atomic E-state index is 12.5. The first kappa shape index (κ1) is 15.7. The van der Waals surface area contributed by atoms with Gasteiger partial charge < -0.3 is 10.6 Å². The summed E-state index contributed by atoms with van der Waals surface area (Å²) in [4.78, 5) is 25.0.